The third-order valence-corrected chi connectivity index (χ3v) is 6.27. The number of likely N-dealkylation sites (tertiary alicyclic amines) is 1. The quantitative estimate of drug-likeness (QED) is 0.821. The van der Waals surface area contributed by atoms with Crippen molar-refractivity contribution >= 4 is 0 Å². The molecule has 0 radical (unpaired) electrons. The summed E-state index contributed by atoms with van der Waals surface area (Å²) in [5.74, 6) is 1.36. The van der Waals surface area contributed by atoms with E-state index in [2.05, 4.69) is 40.2 Å². The predicted octanol–water partition coefficient (Wildman–Crippen LogP) is 2.79. The summed E-state index contributed by atoms with van der Waals surface area (Å²) in [5.41, 5.74) is 1.89. The highest BCUT2D eigenvalue weighted by Gasteiger charge is 2.49. The average Bonchev–Trinajstić information content (AvgIpc) is 3.18. The van der Waals surface area contributed by atoms with Crippen LogP contribution in [-0.2, 0) is 11.2 Å². The molecular formula is C22H28N2O3. The van der Waals surface area contributed by atoms with Crippen molar-refractivity contribution in [2.45, 2.75) is 31.0 Å². The minimum absolute atomic E-state index is 0.0556. The van der Waals surface area contributed by atoms with Crippen molar-refractivity contribution < 1.29 is 14.9 Å². The van der Waals surface area contributed by atoms with Crippen LogP contribution < -0.4 is 0 Å². The summed E-state index contributed by atoms with van der Waals surface area (Å²) in [4.78, 5) is 6.47. The second-order valence-corrected chi connectivity index (χ2v) is 8.15. The van der Waals surface area contributed by atoms with Crippen LogP contribution in [0, 0.1) is 11.8 Å². The van der Waals surface area contributed by atoms with E-state index >= 15 is 0 Å². The zero-order chi connectivity index (χ0) is 18.9. The van der Waals surface area contributed by atoms with E-state index in [-0.39, 0.29) is 11.4 Å². The number of β-amino-alcohol motifs (C(OH)–C–C–N with tert-alkyl or cyclic N) is 1. The van der Waals surface area contributed by atoms with Crippen molar-refractivity contribution in [2.24, 2.45) is 11.8 Å². The number of aromatic nitrogens is 1. The molecule has 1 aliphatic carbocycles. The number of pyridine rings is 1. The molecule has 5 heteroatoms. The number of aromatic hydroxyl groups is 1. The Hall–Kier alpha value is -1.95. The monoisotopic (exact) mass is 368 g/mol. The molecule has 1 unspecified atom stereocenters. The van der Waals surface area contributed by atoms with Gasteiger partial charge in [-0.15, -0.1) is 0 Å². The van der Waals surface area contributed by atoms with Crippen LogP contribution in [-0.4, -0.2) is 52.4 Å². The summed E-state index contributed by atoms with van der Waals surface area (Å²) < 4.78 is 6.03. The van der Waals surface area contributed by atoms with Crippen LogP contribution in [0.15, 0.2) is 48.7 Å². The number of aliphatic hydroxyl groups excluding tert-OH is 1. The van der Waals surface area contributed by atoms with E-state index in [1.807, 2.05) is 7.11 Å². The van der Waals surface area contributed by atoms with Gasteiger partial charge in [-0.3, -0.25) is 9.88 Å². The number of benzene rings is 1. The van der Waals surface area contributed by atoms with Gasteiger partial charge in [-0.05, 0) is 42.4 Å². The summed E-state index contributed by atoms with van der Waals surface area (Å²) in [6.45, 7) is 2.59. The van der Waals surface area contributed by atoms with Gasteiger partial charge in [-0.1, -0.05) is 30.3 Å². The van der Waals surface area contributed by atoms with Gasteiger partial charge in [0.15, 0.2) is 0 Å². The summed E-state index contributed by atoms with van der Waals surface area (Å²) in [6.07, 6.45) is 3.88. The SMILES string of the molecule is CO[C@@]1(Cc2ccccc2)C[C@H]2CN(CC(O)c3ccc(O)cn3)C[C@H]2C1. The van der Waals surface area contributed by atoms with Crippen molar-refractivity contribution in [3.63, 3.8) is 0 Å². The maximum Gasteiger partial charge on any atom is 0.133 e. The van der Waals surface area contributed by atoms with Crippen molar-refractivity contribution in [3.8, 4) is 5.75 Å². The molecular weight excluding hydrogens is 340 g/mol. The molecule has 144 valence electrons. The summed E-state index contributed by atoms with van der Waals surface area (Å²) in [7, 11) is 1.85. The Morgan fingerprint density at radius 3 is 2.44 bits per heavy atom. The average molecular weight is 368 g/mol. The van der Waals surface area contributed by atoms with Gasteiger partial charge in [0, 0.05) is 33.2 Å². The van der Waals surface area contributed by atoms with Gasteiger partial charge >= 0.3 is 0 Å². The third-order valence-electron chi connectivity index (χ3n) is 6.27. The lowest BCUT2D eigenvalue weighted by Crippen LogP contribution is -2.35. The molecule has 1 saturated carbocycles. The first-order valence-corrected chi connectivity index (χ1v) is 9.71. The smallest absolute Gasteiger partial charge is 0.133 e. The van der Waals surface area contributed by atoms with Crippen LogP contribution in [0.25, 0.3) is 0 Å². The van der Waals surface area contributed by atoms with Gasteiger partial charge in [0.25, 0.3) is 0 Å². The maximum absolute atomic E-state index is 10.5. The molecule has 27 heavy (non-hydrogen) atoms. The minimum Gasteiger partial charge on any atom is -0.506 e. The molecule has 1 aromatic heterocycles. The van der Waals surface area contributed by atoms with Crippen molar-refractivity contribution in [3.05, 3.63) is 59.9 Å². The molecule has 2 heterocycles. The fourth-order valence-electron chi connectivity index (χ4n) is 4.97. The molecule has 5 nitrogen and oxygen atoms in total. The van der Waals surface area contributed by atoms with E-state index in [1.54, 1.807) is 12.1 Å². The summed E-state index contributed by atoms with van der Waals surface area (Å²) in [5, 5.41) is 19.8. The molecule has 2 aromatic rings. The van der Waals surface area contributed by atoms with E-state index in [0.29, 0.717) is 24.1 Å². The van der Waals surface area contributed by atoms with Gasteiger partial charge in [-0.25, -0.2) is 0 Å². The van der Waals surface area contributed by atoms with Gasteiger partial charge in [0.1, 0.15) is 11.9 Å². The van der Waals surface area contributed by atoms with Crippen LogP contribution in [0.5, 0.6) is 5.75 Å². The first-order valence-electron chi connectivity index (χ1n) is 9.71. The Labute approximate surface area is 160 Å². The Morgan fingerprint density at radius 1 is 1.15 bits per heavy atom. The van der Waals surface area contributed by atoms with Crippen molar-refractivity contribution in [1.82, 2.24) is 9.88 Å². The van der Waals surface area contributed by atoms with Gasteiger partial charge in [0.2, 0.25) is 0 Å². The number of nitrogens with zero attached hydrogens (tertiary/aromatic N) is 2. The van der Waals surface area contributed by atoms with Crippen molar-refractivity contribution in [2.75, 3.05) is 26.7 Å². The highest BCUT2D eigenvalue weighted by atomic mass is 16.5. The van der Waals surface area contributed by atoms with E-state index < -0.39 is 6.10 Å². The van der Waals surface area contributed by atoms with Crippen LogP contribution in [0.3, 0.4) is 0 Å². The largest absolute Gasteiger partial charge is 0.506 e. The molecule has 4 atom stereocenters. The standard InChI is InChI=1S/C22H28N2O3/c1-27-22(9-16-5-3-2-4-6-16)10-17-13-24(14-18(17)11-22)15-21(26)20-8-7-19(25)12-23-20/h2-8,12,17-18,21,25-26H,9-11,13-15H2,1H3/t17-,18+,21?,22-. The second-order valence-electron chi connectivity index (χ2n) is 8.15. The third kappa shape index (κ3) is 4.00. The topological polar surface area (TPSA) is 65.8 Å². The van der Waals surface area contributed by atoms with E-state index in [4.69, 9.17) is 4.74 Å². The number of ether oxygens (including phenoxy) is 1. The molecule has 0 spiro atoms. The van der Waals surface area contributed by atoms with Crippen molar-refractivity contribution in [1.29, 1.82) is 0 Å². The summed E-state index contributed by atoms with van der Waals surface area (Å²) >= 11 is 0. The fourth-order valence-corrected chi connectivity index (χ4v) is 4.97. The Morgan fingerprint density at radius 2 is 1.85 bits per heavy atom. The van der Waals surface area contributed by atoms with Gasteiger partial charge < -0.3 is 14.9 Å². The lowest BCUT2D eigenvalue weighted by molar-refractivity contribution is -0.0141. The number of hydrogen-bond donors (Lipinski definition) is 2. The lowest BCUT2D eigenvalue weighted by atomic mass is 9.91. The Balaban J connectivity index is 1.35. The van der Waals surface area contributed by atoms with E-state index in [0.717, 1.165) is 32.4 Å². The molecule has 1 aliphatic heterocycles. The summed E-state index contributed by atoms with van der Waals surface area (Å²) in [6, 6.07) is 13.9. The van der Waals surface area contributed by atoms with Crippen LogP contribution in [0.1, 0.15) is 30.2 Å². The number of rotatable bonds is 6. The zero-order valence-corrected chi connectivity index (χ0v) is 15.8. The highest BCUT2D eigenvalue weighted by Crippen LogP contribution is 2.47. The van der Waals surface area contributed by atoms with E-state index in [9.17, 15) is 10.2 Å². The number of hydrogen-bond acceptors (Lipinski definition) is 5. The van der Waals surface area contributed by atoms with Crippen LogP contribution >= 0.6 is 0 Å². The molecule has 2 fully saturated rings. The van der Waals surface area contributed by atoms with Gasteiger partial charge in [-0.2, -0.15) is 0 Å². The molecule has 0 bridgehead atoms. The zero-order valence-electron chi connectivity index (χ0n) is 15.8. The maximum atomic E-state index is 10.5. The number of methoxy groups -OCH3 is 1. The highest BCUT2D eigenvalue weighted by molar-refractivity contribution is 5.20. The number of fused-ring (bicyclic) bond motifs is 1. The molecule has 1 aromatic carbocycles. The molecule has 1 saturated heterocycles. The molecule has 2 N–H and O–H groups in total. The minimum atomic E-state index is -0.624. The van der Waals surface area contributed by atoms with Crippen LogP contribution in [0.4, 0.5) is 0 Å². The number of aliphatic hydroxyl groups is 1. The second kappa shape index (κ2) is 7.58. The predicted molar refractivity (Wildman–Crippen MR) is 103 cm³/mol. The van der Waals surface area contributed by atoms with Gasteiger partial charge in [0.05, 0.1) is 17.5 Å². The molecule has 2 aliphatic rings. The molecule has 4 rings (SSSR count). The first-order chi connectivity index (χ1) is 13.1. The fraction of sp³-hybridized carbons (Fsp3) is 0.500. The lowest BCUT2D eigenvalue weighted by Gasteiger charge is -2.30. The Kier molecular flexibility index (Phi) is 5.17. The first kappa shape index (κ1) is 18.4. The van der Waals surface area contributed by atoms with E-state index in [1.165, 1.54) is 11.8 Å². The van der Waals surface area contributed by atoms with Crippen LogP contribution in [0.2, 0.25) is 0 Å². The normalized spacial score (nSPS) is 29.0. The molecule has 0 amide bonds. The Bertz CT molecular complexity index is 736.